The van der Waals surface area contributed by atoms with Crippen molar-refractivity contribution in [1.29, 1.82) is 0 Å². The number of hydrogen-bond acceptors (Lipinski definition) is 6. The van der Waals surface area contributed by atoms with Crippen LogP contribution in [0.25, 0.3) is 11.1 Å². The molecule has 3 N–H and O–H groups in total. The zero-order chi connectivity index (χ0) is 24.1. The number of hydrogen-bond donors (Lipinski definition) is 3. The summed E-state index contributed by atoms with van der Waals surface area (Å²) in [6.45, 7) is 1.97. The Hall–Kier alpha value is -4.14. The number of ether oxygens (including phenoxy) is 1. The summed E-state index contributed by atoms with van der Waals surface area (Å²) in [6, 6.07) is 16.5. The number of carbonyl (C=O) groups is 3. The number of alkyl carbamates (subject to hydrolysis) is 1. The highest BCUT2D eigenvalue weighted by atomic mass is 16.5. The molecule has 1 aliphatic carbocycles. The zero-order valence-corrected chi connectivity index (χ0v) is 18.6. The second-order valence-electron chi connectivity index (χ2n) is 8.01. The van der Waals surface area contributed by atoms with Crippen molar-refractivity contribution in [2.24, 2.45) is 0 Å². The number of nitrogens with zero attached hydrogens (tertiary/aromatic N) is 1. The summed E-state index contributed by atoms with van der Waals surface area (Å²) >= 11 is 0. The molecular formula is C25H25N3O6. The number of aromatic nitrogens is 1. The topological polar surface area (TPSA) is 131 Å². The van der Waals surface area contributed by atoms with Crippen LogP contribution in [0, 0.1) is 0 Å². The maximum absolute atomic E-state index is 12.3. The van der Waals surface area contributed by atoms with Gasteiger partial charge in [0.2, 0.25) is 0 Å². The molecule has 1 aromatic heterocycles. The van der Waals surface area contributed by atoms with Crippen LogP contribution in [0.1, 0.15) is 53.1 Å². The molecule has 0 unspecified atom stereocenters. The Kier molecular flexibility index (Phi) is 6.91. The van der Waals surface area contributed by atoms with Crippen molar-refractivity contribution < 1.29 is 28.8 Å². The first-order valence-electron chi connectivity index (χ1n) is 11.1. The van der Waals surface area contributed by atoms with E-state index in [0.717, 1.165) is 22.3 Å². The van der Waals surface area contributed by atoms with Gasteiger partial charge in [0.15, 0.2) is 11.5 Å². The van der Waals surface area contributed by atoms with Gasteiger partial charge in [-0.05, 0) is 28.7 Å². The zero-order valence-electron chi connectivity index (χ0n) is 18.6. The van der Waals surface area contributed by atoms with Gasteiger partial charge in [-0.2, -0.15) is 0 Å². The fraction of sp³-hybridized carbons (Fsp3) is 0.280. The van der Waals surface area contributed by atoms with E-state index < -0.39 is 24.0 Å². The maximum Gasteiger partial charge on any atom is 0.407 e. The normalized spacial score (nSPS) is 13.0. The van der Waals surface area contributed by atoms with Crippen LogP contribution in [0.4, 0.5) is 4.79 Å². The van der Waals surface area contributed by atoms with Crippen LogP contribution in [0.5, 0.6) is 0 Å². The van der Waals surface area contributed by atoms with Crippen molar-refractivity contribution in [3.05, 3.63) is 77.2 Å². The van der Waals surface area contributed by atoms with E-state index in [4.69, 9.17) is 14.4 Å². The van der Waals surface area contributed by atoms with Gasteiger partial charge < -0.3 is 25.0 Å². The maximum atomic E-state index is 12.3. The average molecular weight is 463 g/mol. The molecule has 0 saturated heterocycles. The molecule has 9 heteroatoms. The van der Waals surface area contributed by atoms with Gasteiger partial charge in [0.05, 0.1) is 6.54 Å². The predicted molar refractivity (Wildman–Crippen MR) is 122 cm³/mol. The Morgan fingerprint density at radius 3 is 2.35 bits per heavy atom. The lowest BCUT2D eigenvalue weighted by molar-refractivity contribution is -0.139. The Morgan fingerprint density at radius 1 is 1.09 bits per heavy atom. The summed E-state index contributed by atoms with van der Waals surface area (Å²) in [5, 5.41) is 17.8. The molecule has 2 aromatic carbocycles. The Bertz CT molecular complexity index is 1160. The van der Waals surface area contributed by atoms with Crippen LogP contribution in [0.3, 0.4) is 0 Å². The summed E-state index contributed by atoms with van der Waals surface area (Å²) in [4.78, 5) is 35.7. The SMILES string of the molecule is CCC[C@H](NC(=O)c1cc(CNC(=O)OCC2c3ccccc3-c3ccccc32)on1)C(=O)O. The molecule has 0 spiro atoms. The predicted octanol–water partition coefficient (Wildman–Crippen LogP) is 3.70. The molecule has 1 aliphatic rings. The molecule has 1 heterocycles. The summed E-state index contributed by atoms with van der Waals surface area (Å²) < 4.78 is 10.5. The average Bonchev–Trinajstić information content (AvgIpc) is 3.44. The van der Waals surface area contributed by atoms with E-state index >= 15 is 0 Å². The fourth-order valence-electron chi connectivity index (χ4n) is 4.09. The molecule has 0 radical (unpaired) electrons. The summed E-state index contributed by atoms with van der Waals surface area (Å²) in [5.41, 5.74) is 4.45. The lowest BCUT2D eigenvalue weighted by Gasteiger charge is -2.14. The van der Waals surface area contributed by atoms with Gasteiger partial charge in [-0.3, -0.25) is 4.79 Å². The minimum atomic E-state index is -1.11. The van der Waals surface area contributed by atoms with Gasteiger partial charge in [0, 0.05) is 12.0 Å². The van der Waals surface area contributed by atoms with Gasteiger partial charge in [-0.1, -0.05) is 67.0 Å². The van der Waals surface area contributed by atoms with Crippen LogP contribution < -0.4 is 10.6 Å². The first kappa shape index (κ1) is 23.0. The smallest absolute Gasteiger partial charge is 0.407 e. The third-order valence-electron chi connectivity index (χ3n) is 5.72. The Morgan fingerprint density at radius 2 is 1.74 bits per heavy atom. The van der Waals surface area contributed by atoms with Gasteiger partial charge in [-0.15, -0.1) is 0 Å². The number of carboxylic acids is 1. The Balaban J connectivity index is 1.30. The molecule has 176 valence electrons. The monoisotopic (exact) mass is 463 g/mol. The number of rotatable bonds is 9. The molecular weight excluding hydrogens is 438 g/mol. The van der Waals surface area contributed by atoms with Gasteiger partial charge in [0.1, 0.15) is 12.6 Å². The molecule has 1 atom stereocenters. The minimum absolute atomic E-state index is 0.0335. The highest BCUT2D eigenvalue weighted by molar-refractivity contribution is 5.94. The number of carboxylic acid groups (broad SMARTS) is 1. The van der Waals surface area contributed by atoms with E-state index in [1.165, 1.54) is 6.07 Å². The highest BCUT2D eigenvalue weighted by Crippen LogP contribution is 2.44. The van der Waals surface area contributed by atoms with E-state index in [0.29, 0.717) is 12.8 Å². The quantitative estimate of drug-likeness (QED) is 0.441. The van der Waals surface area contributed by atoms with Crippen molar-refractivity contribution in [3.63, 3.8) is 0 Å². The summed E-state index contributed by atoms with van der Waals surface area (Å²) in [7, 11) is 0. The second-order valence-corrected chi connectivity index (χ2v) is 8.01. The van der Waals surface area contributed by atoms with E-state index in [2.05, 4.69) is 27.9 Å². The molecule has 0 bridgehead atoms. The van der Waals surface area contributed by atoms with E-state index in [1.807, 2.05) is 43.3 Å². The first-order chi connectivity index (χ1) is 16.5. The van der Waals surface area contributed by atoms with E-state index in [1.54, 1.807) is 0 Å². The van der Waals surface area contributed by atoms with Crippen LogP contribution in [0.2, 0.25) is 0 Å². The van der Waals surface area contributed by atoms with Crippen LogP contribution in [0.15, 0.2) is 59.1 Å². The number of amides is 2. The molecule has 0 aliphatic heterocycles. The number of aliphatic carboxylic acids is 1. The third-order valence-corrected chi connectivity index (χ3v) is 5.72. The van der Waals surface area contributed by atoms with Crippen molar-refractivity contribution in [2.75, 3.05) is 6.61 Å². The minimum Gasteiger partial charge on any atom is -0.480 e. The van der Waals surface area contributed by atoms with Crippen LogP contribution in [-0.2, 0) is 16.1 Å². The van der Waals surface area contributed by atoms with Gasteiger partial charge in [-0.25, -0.2) is 9.59 Å². The van der Waals surface area contributed by atoms with Crippen LogP contribution >= 0.6 is 0 Å². The van der Waals surface area contributed by atoms with Gasteiger partial charge in [0.25, 0.3) is 5.91 Å². The molecule has 9 nitrogen and oxygen atoms in total. The summed E-state index contributed by atoms with van der Waals surface area (Å²) in [5.74, 6) is -1.59. The molecule has 3 aromatic rings. The molecule has 2 amide bonds. The number of benzene rings is 2. The third kappa shape index (κ3) is 4.93. The lowest BCUT2D eigenvalue weighted by Crippen LogP contribution is -2.40. The molecule has 0 fully saturated rings. The largest absolute Gasteiger partial charge is 0.480 e. The van der Waals surface area contributed by atoms with Crippen molar-refractivity contribution in [2.45, 2.75) is 38.3 Å². The van der Waals surface area contributed by atoms with Crippen molar-refractivity contribution >= 4 is 18.0 Å². The molecule has 34 heavy (non-hydrogen) atoms. The number of nitrogens with one attached hydrogen (secondary N) is 2. The van der Waals surface area contributed by atoms with Crippen molar-refractivity contribution in [1.82, 2.24) is 15.8 Å². The summed E-state index contributed by atoms with van der Waals surface area (Å²) in [6.07, 6.45) is 0.277. The Labute approximate surface area is 196 Å². The first-order valence-corrected chi connectivity index (χ1v) is 11.1. The van der Waals surface area contributed by atoms with E-state index in [-0.39, 0.29) is 30.5 Å². The van der Waals surface area contributed by atoms with Gasteiger partial charge >= 0.3 is 12.1 Å². The molecule has 0 saturated carbocycles. The number of fused-ring (bicyclic) bond motifs is 3. The standard InChI is InChI=1S/C25H25N3O6/c1-2-7-21(24(30)31)27-23(29)22-12-15(34-28-22)13-26-25(32)33-14-20-18-10-5-3-8-16(18)17-9-4-6-11-19(17)20/h3-6,8-12,20-21H,2,7,13-14H2,1H3,(H,26,32)(H,27,29)(H,30,31)/t21-/m0/s1. The number of carbonyl (C=O) groups excluding carboxylic acids is 2. The van der Waals surface area contributed by atoms with E-state index in [9.17, 15) is 14.4 Å². The highest BCUT2D eigenvalue weighted by Gasteiger charge is 2.29. The van der Waals surface area contributed by atoms with Crippen LogP contribution in [-0.4, -0.2) is 40.9 Å². The lowest BCUT2D eigenvalue weighted by atomic mass is 9.98. The molecule has 4 rings (SSSR count). The van der Waals surface area contributed by atoms with Crippen molar-refractivity contribution in [3.8, 4) is 11.1 Å². The second kappa shape index (κ2) is 10.2. The fourth-order valence-corrected chi connectivity index (χ4v) is 4.09.